The number of hydrogen-bond acceptors (Lipinski definition) is 5. The third kappa shape index (κ3) is 4.57. The van der Waals surface area contributed by atoms with E-state index < -0.39 is 12.7 Å². The standard InChI is InChI=1S/C23H26F2N4O3/c1-13(2)29-18-11-15(22(31)27-17-8-3-4-9-19(17)30)12-26-21(18)20(28-29)14-6-5-7-16(10-14)32-23(24)25/h5-7,10-13,17,19,23,30H,3-4,8-9H2,1-2H3,(H,27,31)/t17?,19-/m0/s1. The number of ether oxygens (including phenoxy) is 1. The van der Waals surface area contributed by atoms with E-state index in [4.69, 9.17) is 0 Å². The summed E-state index contributed by atoms with van der Waals surface area (Å²) in [5, 5.41) is 17.7. The number of carbonyl (C=O) groups is 1. The fourth-order valence-corrected chi connectivity index (χ4v) is 4.08. The molecule has 2 N–H and O–H groups in total. The van der Waals surface area contributed by atoms with Gasteiger partial charge in [-0.05, 0) is 44.9 Å². The van der Waals surface area contributed by atoms with Crippen molar-refractivity contribution in [3.05, 3.63) is 42.1 Å². The summed E-state index contributed by atoms with van der Waals surface area (Å²) in [6, 6.07) is 7.74. The van der Waals surface area contributed by atoms with Gasteiger partial charge in [-0.25, -0.2) is 0 Å². The van der Waals surface area contributed by atoms with E-state index in [1.165, 1.54) is 18.3 Å². The van der Waals surface area contributed by atoms with E-state index in [9.17, 15) is 18.7 Å². The van der Waals surface area contributed by atoms with E-state index in [1.54, 1.807) is 22.9 Å². The summed E-state index contributed by atoms with van der Waals surface area (Å²) >= 11 is 0. The summed E-state index contributed by atoms with van der Waals surface area (Å²) in [5.41, 5.74) is 2.69. The fourth-order valence-electron chi connectivity index (χ4n) is 4.08. The second-order valence-electron chi connectivity index (χ2n) is 8.32. The van der Waals surface area contributed by atoms with Gasteiger partial charge in [0, 0.05) is 17.8 Å². The second kappa shape index (κ2) is 9.20. The summed E-state index contributed by atoms with van der Waals surface area (Å²) < 4.78 is 31.5. The number of pyridine rings is 1. The van der Waals surface area contributed by atoms with Crippen molar-refractivity contribution >= 4 is 16.9 Å². The van der Waals surface area contributed by atoms with Crippen LogP contribution in [-0.2, 0) is 0 Å². The van der Waals surface area contributed by atoms with Gasteiger partial charge in [0.2, 0.25) is 0 Å². The third-order valence-electron chi connectivity index (χ3n) is 5.68. The van der Waals surface area contributed by atoms with Crippen LogP contribution in [0.3, 0.4) is 0 Å². The summed E-state index contributed by atoms with van der Waals surface area (Å²) in [6.45, 7) is 0.993. The number of alkyl halides is 2. The van der Waals surface area contributed by atoms with Crippen molar-refractivity contribution in [2.75, 3.05) is 0 Å². The lowest BCUT2D eigenvalue weighted by Gasteiger charge is -2.28. The molecule has 32 heavy (non-hydrogen) atoms. The Morgan fingerprint density at radius 1 is 1.25 bits per heavy atom. The molecule has 0 bridgehead atoms. The minimum atomic E-state index is -2.92. The first-order valence-corrected chi connectivity index (χ1v) is 10.8. The number of aliphatic hydroxyl groups excluding tert-OH is 1. The van der Waals surface area contributed by atoms with Gasteiger partial charge in [0.05, 0.1) is 23.2 Å². The highest BCUT2D eigenvalue weighted by atomic mass is 19.3. The maximum atomic E-state index is 12.8. The van der Waals surface area contributed by atoms with E-state index in [1.807, 2.05) is 13.8 Å². The van der Waals surface area contributed by atoms with Crippen molar-refractivity contribution in [2.24, 2.45) is 0 Å². The smallest absolute Gasteiger partial charge is 0.387 e. The number of halogens is 2. The van der Waals surface area contributed by atoms with Crippen molar-refractivity contribution in [3.8, 4) is 17.0 Å². The Kier molecular flexibility index (Phi) is 6.36. The molecule has 1 aliphatic rings. The highest BCUT2D eigenvalue weighted by molar-refractivity contribution is 5.99. The molecule has 1 aromatic carbocycles. The number of rotatable bonds is 6. The summed E-state index contributed by atoms with van der Waals surface area (Å²) in [5.74, 6) is -0.262. The largest absolute Gasteiger partial charge is 0.435 e. The van der Waals surface area contributed by atoms with Gasteiger partial charge in [-0.3, -0.25) is 14.5 Å². The van der Waals surface area contributed by atoms with Gasteiger partial charge in [-0.15, -0.1) is 0 Å². The van der Waals surface area contributed by atoms with E-state index in [0.29, 0.717) is 34.3 Å². The summed E-state index contributed by atoms with van der Waals surface area (Å²) in [7, 11) is 0. The minimum absolute atomic E-state index is 0.0213. The predicted molar refractivity (Wildman–Crippen MR) is 116 cm³/mol. The Labute approximate surface area is 184 Å². The van der Waals surface area contributed by atoms with Crippen LogP contribution < -0.4 is 10.1 Å². The molecule has 0 aliphatic heterocycles. The van der Waals surface area contributed by atoms with Crippen LogP contribution >= 0.6 is 0 Å². The zero-order valence-electron chi connectivity index (χ0n) is 18.0. The molecule has 4 rings (SSSR count). The predicted octanol–water partition coefficient (Wildman–Crippen LogP) is 4.31. The Bertz CT molecular complexity index is 1120. The van der Waals surface area contributed by atoms with Crippen LogP contribution in [0, 0.1) is 0 Å². The molecule has 1 unspecified atom stereocenters. The summed E-state index contributed by atoms with van der Waals surface area (Å²) in [6.07, 6.45) is 4.29. The number of benzene rings is 1. The molecule has 0 saturated heterocycles. The van der Waals surface area contributed by atoms with Crippen LogP contribution in [0.1, 0.15) is 55.9 Å². The van der Waals surface area contributed by atoms with Crippen molar-refractivity contribution in [1.29, 1.82) is 0 Å². The molecule has 2 heterocycles. The first-order chi connectivity index (χ1) is 15.3. The van der Waals surface area contributed by atoms with Gasteiger partial charge in [0.25, 0.3) is 5.91 Å². The monoisotopic (exact) mass is 444 g/mol. The molecular weight excluding hydrogens is 418 g/mol. The van der Waals surface area contributed by atoms with Crippen LogP contribution in [-0.4, -0.2) is 44.5 Å². The Morgan fingerprint density at radius 2 is 2.03 bits per heavy atom. The number of aromatic nitrogens is 3. The fraction of sp³-hybridized carbons (Fsp3) is 0.435. The molecule has 1 amide bonds. The van der Waals surface area contributed by atoms with Crippen LogP contribution in [0.5, 0.6) is 5.75 Å². The molecule has 1 saturated carbocycles. The number of nitrogens with zero attached hydrogens (tertiary/aromatic N) is 3. The number of nitrogens with one attached hydrogen (secondary N) is 1. The van der Waals surface area contributed by atoms with E-state index in [2.05, 4.69) is 20.1 Å². The number of amides is 1. The van der Waals surface area contributed by atoms with Crippen molar-refractivity contribution < 1.29 is 23.4 Å². The molecule has 1 aliphatic carbocycles. The lowest BCUT2D eigenvalue weighted by Crippen LogP contribution is -2.45. The zero-order valence-corrected chi connectivity index (χ0v) is 18.0. The minimum Gasteiger partial charge on any atom is -0.435 e. The first-order valence-electron chi connectivity index (χ1n) is 10.8. The van der Waals surface area contributed by atoms with Gasteiger partial charge in [0.1, 0.15) is 17.0 Å². The number of carbonyl (C=O) groups excluding carboxylic acids is 1. The number of aliphatic hydroxyl groups is 1. The average Bonchev–Trinajstić information content (AvgIpc) is 3.14. The SMILES string of the molecule is CC(C)n1nc(-c2cccc(OC(F)F)c2)c2ncc(C(=O)NC3CCCC[C@@H]3O)cc21. The molecule has 0 radical (unpaired) electrons. The van der Waals surface area contributed by atoms with E-state index in [-0.39, 0.29) is 23.7 Å². The highest BCUT2D eigenvalue weighted by Crippen LogP contribution is 2.31. The molecule has 170 valence electrons. The van der Waals surface area contributed by atoms with Crippen molar-refractivity contribution in [2.45, 2.75) is 64.3 Å². The van der Waals surface area contributed by atoms with Gasteiger partial charge in [0.15, 0.2) is 0 Å². The van der Waals surface area contributed by atoms with Crippen LogP contribution in [0.2, 0.25) is 0 Å². The zero-order chi connectivity index (χ0) is 22.8. The molecule has 2 atom stereocenters. The van der Waals surface area contributed by atoms with Gasteiger partial charge in [-0.2, -0.15) is 13.9 Å². The Balaban J connectivity index is 1.69. The number of fused-ring (bicyclic) bond motifs is 1. The normalized spacial score (nSPS) is 19.0. The average molecular weight is 444 g/mol. The molecule has 0 spiro atoms. The van der Waals surface area contributed by atoms with Gasteiger partial charge in [-0.1, -0.05) is 25.0 Å². The topological polar surface area (TPSA) is 89.3 Å². The van der Waals surface area contributed by atoms with Crippen molar-refractivity contribution in [3.63, 3.8) is 0 Å². The maximum Gasteiger partial charge on any atom is 0.387 e. The second-order valence-corrected chi connectivity index (χ2v) is 8.32. The Morgan fingerprint density at radius 3 is 2.75 bits per heavy atom. The molecule has 7 nitrogen and oxygen atoms in total. The molecule has 1 fully saturated rings. The van der Waals surface area contributed by atoms with Crippen LogP contribution in [0.15, 0.2) is 36.5 Å². The lowest BCUT2D eigenvalue weighted by molar-refractivity contribution is -0.0498. The molecular formula is C23H26F2N4O3. The molecule has 3 aromatic rings. The van der Waals surface area contributed by atoms with Crippen LogP contribution in [0.4, 0.5) is 8.78 Å². The molecule has 2 aromatic heterocycles. The first kappa shape index (κ1) is 22.1. The van der Waals surface area contributed by atoms with E-state index in [0.717, 1.165) is 19.3 Å². The Hall–Kier alpha value is -3.07. The van der Waals surface area contributed by atoms with E-state index >= 15 is 0 Å². The number of hydrogen-bond donors (Lipinski definition) is 2. The van der Waals surface area contributed by atoms with Gasteiger partial charge < -0.3 is 15.2 Å². The summed E-state index contributed by atoms with van der Waals surface area (Å²) in [4.78, 5) is 17.3. The maximum absolute atomic E-state index is 12.8. The molecule has 9 heteroatoms. The quantitative estimate of drug-likeness (QED) is 0.591. The van der Waals surface area contributed by atoms with Crippen molar-refractivity contribution in [1.82, 2.24) is 20.1 Å². The van der Waals surface area contributed by atoms with Crippen LogP contribution in [0.25, 0.3) is 22.3 Å². The van der Waals surface area contributed by atoms with Gasteiger partial charge >= 0.3 is 6.61 Å². The lowest BCUT2D eigenvalue weighted by atomic mass is 9.92. The third-order valence-corrected chi connectivity index (χ3v) is 5.68. The highest BCUT2D eigenvalue weighted by Gasteiger charge is 2.26.